The molecule has 1 spiro atoms. The molecule has 1 amide bonds. The van der Waals surface area contributed by atoms with Crippen LogP contribution in [0.2, 0.25) is 0 Å². The lowest BCUT2D eigenvalue weighted by molar-refractivity contribution is -0.176. The molecule has 7 atom stereocenters. The van der Waals surface area contributed by atoms with Gasteiger partial charge in [-0.15, -0.1) is 0 Å². The SMILES string of the molecule is COC(=O)C1CCC2C3CC4(CC4)C4N(C)C(=O)CCC4(C)C3CCC12C. The Morgan fingerprint density at radius 3 is 2.41 bits per heavy atom. The molecule has 1 aliphatic heterocycles. The highest BCUT2D eigenvalue weighted by Gasteiger charge is 2.70. The summed E-state index contributed by atoms with van der Waals surface area (Å²) in [4.78, 5) is 27.1. The predicted octanol–water partition coefficient (Wildman–Crippen LogP) is 4.03. The van der Waals surface area contributed by atoms with Gasteiger partial charge in [0.15, 0.2) is 0 Å². The number of piperidine rings is 1. The molecular weight excluding hydrogens is 338 g/mol. The van der Waals surface area contributed by atoms with E-state index >= 15 is 0 Å². The van der Waals surface area contributed by atoms with Gasteiger partial charge in [-0.05, 0) is 85.4 Å². The Hall–Kier alpha value is -1.06. The summed E-state index contributed by atoms with van der Waals surface area (Å²) in [6.07, 6.45) is 10.2. The van der Waals surface area contributed by atoms with E-state index in [4.69, 9.17) is 4.74 Å². The molecule has 4 saturated carbocycles. The zero-order chi connectivity index (χ0) is 19.2. The molecule has 0 radical (unpaired) electrons. The normalized spacial score (nSPS) is 50.0. The number of ether oxygens (including phenoxy) is 1. The first kappa shape index (κ1) is 18.0. The number of likely N-dealkylation sites (tertiary alicyclic amines) is 1. The molecule has 4 heteroatoms. The second-order valence-electron chi connectivity index (χ2n) is 11.1. The Labute approximate surface area is 163 Å². The van der Waals surface area contributed by atoms with Gasteiger partial charge in [0, 0.05) is 19.5 Å². The van der Waals surface area contributed by atoms with Crippen LogP contribution in [0.4, 0.5) is 0 Å². The van der Waals surface area contributed by atoms with Gasteiger partial charge in [-0.3, -0.25) is 9.59 Å². The van der Waals surface area contributed by atoms with E-state index in [0.717, 1.165) is 31.6 Å². The van der Waals surface area contributed by atoms with E-state index < -0.39 is 0 Å². The van der Waals surface area contributed by atoms with Gasteiger partial charge >= 0.3 is 5.97 Å². The monoisotopic (exact) mass is 373 g/mol. The van der Waals surface area contributed by atoms with Crippen LogP contribution in [0.15, 0.2) is 0 Å². The Kier molecular flexibility index (Phi) is 3.67. The minimum Gasteiger partial charge on any atom is -0.469 e. The second kappa shape index (κ2) is 5.51. The fraction of sp³-hybridized carbons (Fsp3) is 0.913. The van der Waals surface area contributed by atoms with Gasteiger partial charge < -0.3 is 9.64 Å². The molecule has 5 rings (SSSR count). The van der Waals surface area contributed by atoms with Crippen LogP contribution in [-0.4, -0.2) is 37.0 Å². The number of fused-ring (bicyclic) bond motifs is 6. The Morgan fingerprint density at radius 1 is 1.04 bits per heavy atom. The molecule has 1 saturated heterocycles. The van der Waals surface area contributed by atoms with Crippen molar-refractivity contribution >= 4 is 11.9 Å². The first-order valence-corrected chi connectivity index (χ1v) is 11.1. The second-order valence-corrected chi connectivity index (χ2v) is 11.1. The highest BCUT2D eigenvalue weighted by atomic mass is 16.5. The van der Waals surface area contributed by atoms with Crippen LogP contribution >= 0.6 is 0 Å². The third kappa shape index (κ3) is 2.16. The maximum atomic E-state index is 12.5. The standard InChI is InChI=1S/C23H35NO3/c1-21-9-7-16-14(15(21)5-6-17(21)19(26)27-4)13-23(11-12-23)20-22(16,2)10-8-18(25)24(20)3/h14-17,20H,5-13H2,1-4H3. The number of nitrogens with zero attached hydrogens (tertiary/aromatic N) is 1. The van der Waals surface area contributed by atoms with Crippen LogP contribution in [0.3, 0.4) is 0 Å². The number of carbonyl (C=O) groups is 2. The zero-order valence-corrected chi connectivity index (χ0v) is 17.4. The number of rotatable bonds is 1. The van der Waals surface area contributed by atoms with Crippen molar-refractivity contribution in [1.29, 1.82) is 0 Å². The van der Waals surface area contributed by atoms with Crippen molar-refractivity contribution in [2.45, 2.75) is 77.7 Å². The predicted molar refractivity (Wildman–Crippen MR) is 103 cm³/mol. The highest BCUT2D eigenvalue weighted by molar-refractivity contribution is 5.78. The molecule has 4 aliphatic carbocycles. The van der Waals surface area contributed by atoms with Crippen LogP contribution in [0, 0.1) is 39.9 Å². The lowest BCUT2D eigenvalue weighted by Crippen LogP contribution is -2.65. The summed E-state index contributed by atoms with van der Waals surface area (Å²) in [6.45, 7) is 4.89. The van der Waals surface area contributed by atoms with E-state index in [1.54, 1.807) is 7.11 Å². The van der Waals surface area contributed by atoms with E-state index in [2.05, 4.69) is 25.8 Å². The average Bonchev–Trinajstić information content (AvgIpc) is 3.29. The molecule has 4 nitrogen and oxygen atoms in total. The van der Waals surface area contributed by atoms with Gasteiger partial charge in [0.1, 0.15) is 0 Å². The first-order valence-electron chi connectivity index (χ1n) is 11.1. The molecule has 1 heterocycles. The number of hydrogen-bond donors (Lipinski definition) is 0. The largest absolute Gasteiger partial charge is 0.469 e. The third-order valence-electron chi connectivity index (χ3n) is 10.2. The maximum Gasteiger partial charge on any atom is 0.309 e. The summed E-state index contributed by atoms with van der Waals surface area (Å²) < 4.78 is 5.19. The van der Waals surface area contributed by atoms with Crippen molar-refractivity contribution in [3.05, 3.63) is 0 Å². The number of carbonyl (C=O) groups excluding carboxylic acids is 2. The Balaban J connectivity index is 1.51. The molecule has 150 valence electrons. The highest BCUT2D eigenvalue weighted by Crippen LogP contribution is 2.73. The lowest BCUT2D eigenvalue weighted by atomic mass is 9.44. The molecule has 0 aromatic carbocycles. The van der Waals surface area contributed by atoms with Gasteiger partial charge in [0.2, 0.25) is 5.91 Å². The Morgan fingerprint density at radius 2 is 1.74 bits per heavy atom. The topological polar surface area (TPSA) is 46.6 Å². The molecule has 0 aromatic rings. The maximum absolute atomic E-state index is 12.5. The van der Waals surface area contributed by atoms with E-state index in [1.807, 2.05) is 0 Å². The number of esters is 1. The summed E-state index contributed by atoms with van der Waals surface area (Å²) in [5.74, 6) is 2.54. The van der Waals surface area contributed by atoms with E-state index in [-0.39, 0.29) is 22.7 Å². The van der Waals surface area contributed by atoms with Crippen molar-refractivity contribution in [2.24, 2.45) is 39.9 Å². The molecule has 0 bridgehead atoms. The quantitative estimate of drug-likeness (QED) is 0.652. The number of hydrogen-bond acceptors (Lipinski definition) is 3. The molecule has 0 aromatic heterocycles. The minimum absolute atomic E-state index is 0.0162. The van der Waals surface area contributed by atoms with Crippen LogP contribution < -0.4 is 0 Å². The summed E-state index contributed by atoms with van der Waals surface area (Å²) in [6, 6.07) is 0.440. The molecule has 7 unspecified atom stereocenters. The van der Waals surface area contributed by atoms with Crippen LogP contribution in [-0.2, 0) is 14.3 Å². The van der Waals surface area contributed by atoms with E-state index in [9.17, 15) is 9.59 Å². The van der Waals surface area contributed by atoms with Gasteiger partial charge in [-0.1, -0.05) is 13.8 Å². The van der Waals surface area contributed by atoms with E-state index in [0.29, 0.717) is 29.2 Å². The van der Waals surface area contributed by atoms with Gasteiger partial charge in [0.05, 0.1) is 13.0 Å². The molecule has 5 aliphatic rings. The van der Waals surface area contributed by atoms with Crippen molar-refractivity contribution in [1.82, 2.24) is 4.90 Å². The van der Waals surface area contributed by atoms with Crippen molar-refractivity contribution in [2.75, 3.05) is 14.2 Å². The first-order chi connectivity index (χ1) is 12.8. The fourth-order valence-corrected chi connectivity index (χ4v) is 8.91. The minimum atomic E-state index is 0.0162. The molecule has 27 heavy (non-hydrogen) atoms. The lowest BCUT2D eigenvalue weighted by Gasteiger charge is -2.64. The number of amides is 1. The summed E-state index contributed by atoms with van der Waals surface area (Å²) in [5, 5.41) is 0. The van der Waals surface area contributed by atoms with Crippen molar-refractivity contribution < 1.29 is 14.3 Å². The van der Waals surface area contributed by atoms with Crippen LogP contribution in [0.1, 0.15) is 71.6 Å². The van der Waals surface area contributed by atoms with Gasteiger partial charge in [0.25, 0.3) is 0 Å². The molecule has 5 fully saturated rings. The Bertz CT molecular complexity index is 685. The van der Waals surface area contributed by atoms with Gasteiger partial charge in [-0.2, -0.15) is 0 Å². The smallest absolute Gasteiger partial charge is 0.309 e. The van der Waals surface area contributed by atoms with Crippen molar-refractivity contribution in [3.8, 4) is 0 Å². The van der Waals surface area contributed by atoms with Gasteiger partial charge in [-0.25, -0.2) is 0 Å². The van der Waals surface area contributed by atoms with E-state index in [1.165, 1.54) is 32.1 Å². The molecular formula is C23H35NO3. The fourth-order valence-electron chi connectivity index (χ4n) is 8.91. The summed E-state index contributed by atoms with van der Waals surface area (Å²) in [5.41, 5.74) is 0.735. The average molecular weight is 374 g/mol. The summed E-state index contributed by atoms with van der Waals surface area (Å²) >= 11 is 0. The summed E-state index contributed by atoms with van der Waals surface area (Å²) in [7, 11) is 3.62. The third-order valence-corrected chi connectivity index (χ3v) is 10.2. The van der Waals surface area contributed by atoms with Crippen molar-refractivity contribution in [3.63, 3.8) is 0 Å². The van der Waals surface area contributed by atoms with Crippen LogP contribution in [0.25, 0.3) is 0 Å². The number of methoxy groups -OCH3 is 1. The molecule has 0 N–H and O–H groups in total. The van der Waals surface area contributed by atoms with Crippen LogP contribution in [0.5, 0.6) is 0 Å². The zero-order valence-electron chi connectivity index (χ0n) is 17.4.